The van der Waals surface area contributed by atoms with Crippen molar-refractivity contribution in [1.82, 2.24) is 4.90 Å². The molecule has 0 saturated carbocycles. The molecule has 0 bridgehead atoms. The molecule has 15 heavy (non-hydrogen) atoms. The Morgan fingerprint density at radius 3 is 3.00 bits per heavy atom. The van der Waals surface area contributed by atoms with Crippen LogP contribution in [0.5, 0.6) is 0 Å². The second-order valence-electron chi connectivity index (χ2n) is 4.63. The molecule has 2 heterocycles. The van der Waals surface area contributed by atoms with Crippen LogP contribution in [0.3, 0.4) is 0 Å². The van der Waals surface area contributed by atoms with Crippen molar-refractivity contribution < 1.29 is 4.79 Å². The van der Waals surface area contributed by atoms with Crippen molar-refractivity contribution >= 4 is 33.6 Å². The number of rotatable bonds is 2. The Morgan fingerprint density at radius 1 is 1.60 bits per heavy atom. The van der Waals surface area contributed by atoms with Gasteiger partial charge in [-0.05, 0) is 38.4 Å². The van der Waals surface area contributed by atoms with Crippen molar-refractivity contribution in [2.45, 2.75) is 43.4 Å². The third kappa shape index (κ3) is 2.21. The van der Waals surface area contributed by atoms with Gasteiger partial charge in [0.05, 0.1) is 4.75 Å². The van der Waals surface area contributed by atoms with Crippen LogP contribution in [-0.2, 0) is 4.79 Å². The predicted octanol–water partition coefficient (Wildman–Crippen LogP) is 2.66. The molecule has 0 aromatic carbocycles. The third-order valence-corrected chi connectivity index (χ3v) is 5.74. The van der Waals surface area contributed by atoms with Gasteiger partial charge in [-0.2, -0.15) is 0 Å². The van der Waals surface area contributed by atoms with Gasteiger partial charge < -0.3 is 4.90 Å². The summed E-state index contributed by atoms with van der Waals surface area (Å²) in [7, 11) is 0. The minimum absolute atomic E-state index is 0.120. The lowest BCUT2D eigenvalue weighted by molar-refractivity contribution is -0.133. The van der Waals surface area contributed by atoms with Crippen molar-refractivity contribution in [3.63, 3.8) is 0 Å². The molecule has 2 fully saturated rings. The lowest BCUT2D eigenvalue weighted by Gasteiger charge is -2.31. The molecule has 2 atom stereocenters. The van der Waals surface area contributed by atoms with Crippen molar-refractivity contribution in [2.75, 3.05) is 17.6 Å². The molecule has 2 saturated heterocycles. The summed E-state index contributed by atoms with van der Waals surface area (Å²) in [5.41, 5.74) is 0. The Morgan fingerprint density at radius 2 is 2.40 bits per heavy atom. The van der Waals surface area contributed by atoms with E-state index in [0.29, 0.717) is 11.9 Å². The molecule has 0 aromatic rings. The topological polar surface area (TPSA) is 20.3 Å². The van der Waals surface area contributed by atoms with Gasteiger partial charge in [0, 0.05) is 17.9 Å². The third-order valence-electron chi connectivity index (χ3n) is 3.49. The molecule has 4 heteroatoms. The first-order valence-corrected chi connectivity index (χ1v) is 7.79. The molecular weight excluding hydrogens is 274 g/mol. The molecule has 86 valence electrons. The molecule has 2 aliphatic heterocycles. The van der Waals surface area contributed by atoms with Gasteiger partial charge in [-0.15, -0.1) is 11.8 Å². The number of nitrogens with zero attached hydrogens (tertiary/aromatic N) is 1. The highest BCUT2D eigenvalue weighted by Gasteiger charge is 2.42. The maximum Gasteiger partial charge on any atom is 0.238 e. The normalized spacial score (nSPS) is 36.1. The zero-order valence-electron chi connectivity index (χ0n) is 9.17. The van der Waals surface area contributed by atoms with Crippen LogP contribution in [0.2, 0.25) is 0 Å². The lowest BCUT2D eigenvalue weighted by Crippen LogP contribution is -2.46. The van der Waals surface area contributed by atoms with E-state index < -0.39 is 0 Å². The van der Waals surface area contributed by atoms with Crippen LogP contribution in [-0.4, -0.2) is 39.2 Å². The molecule has 0 radical (unpaired) electrons. The molecule has 0 aromatic heterocycles. The number of halogens is 1. The Hall–Kier alpha value is 0.300. The van der Waals surface area contributed by atoms with Gasteiger partial charge in [-0.1, -0.05) is 15.9 Å². The molecule has 2 rings (SSSR count). The highest BCUT2D eigenvalue weighted by atomic mass is 79.9. The number of carbonyl (C=O) groups excluding carboxylic acids is 1. The Balaban J connectivity index is 2.06. The van der Waals surface area contributed by atoms with Crippen LogP contribution < -0.4 is 0 Å². The fraction of sp³-hybridized carbons (Fsp3) is 0.909. The fourth-order valence-corrected chi connectivity index (χ4v) is 4.46. The molecule has 1 amide bonds. The van der Waals surface area contributed by atoms with E-state index in [0.717, 1.165) is 30.5 Å². The molecule has 1 unspecified atom stereocenters. The summed E-state index contributed by atoms with van der Waals surface area (Å²) >= 11 is 5.36. The first-order valence-electron chi connectivity index (χ1n) is 5.68. The molecule has 0 N–H and O–H groups in total. The summed E-state index contributed by atoms with van der Waals surface area (Å²) in [6.45, 7) is 3.09. The van der Waals surface area contributed by atoms with E-state index in [1.807, 2.05) is 11.8 Å². The van der Waals surface area contributed by atoms with Gasteiger partial charge in [0.25, 0.3) is 0 Å². The van der Waals surface area contributed by atoms with Crippen LogP contribution in [0.15, 0.2) is 0 Å². The number of alkyl halides is 1. The van der Waals surface area contributed by atoms with E-state index in [9.17, 15) is 4.79 Å². The Labute approximate surface area is 104 Å². The largest absolute Gasteiger partial charge is 0.338 e. The van der Waals surface area contributed by atoms with Gasteiger partial charge >= 0.3 is 0 Å². The highest BCUT2D eigenvalue weighted by Crippen LogP contribution is 2.40. The van der Waals surface area contributed by atoms with Crippen LogP contribution in [0, 0.1) is 0 Å². The van der Waals surface area contributed by atoms with E-state index in [1.165, 1.54) is 12.8 Å². The maximum atomic E-state index is 12.4. The minimum Gasteiger partial charge on any atom is -0.338 e. The molecule has 2 aliphatic rings. The van der Waals surface area contributed by atoms with Gasteiger partial charge in [-0.25, -0.2) is 0 Å². The molecule has 0 spiro atoms. The Kier molecular flexibility index (Phi) is 3.66. The monoisotopic (exact) mass is 291 g/mol. The quantitative estimate of drug-likeness (QED) is 0.729. The van der Waals surface area contributed by atoms with Crippen molar-refractivity contribution in [3.8, 4) is 0 Å². The van der Waals surface area contributed by atoms with Gasteiger partial charge in [0.15, 0.2) is 0 Å². The van der Waals surface area contributed by atoms with Crippen molar-refractivity contribution in [1.29, 1.82) is 0 Å². The van der Waals surface area contributed by atoms with Crippen molar-refractivity contribution in [3.05, 3.63) is 0 Å². The predicted molar refractivity (Wildman–Crippen MR) is 68.6 cm³/mol. The zero-order valence-corrected chi connectivity index (χ0v) is 11.6. The number of thioether (sulfide) groups is 1. The van der Waals surface area contributed by atoms with Crippen LogP contribution in [0.4, 0.5) is 0 Å². The zero-order chi connectivity index (χ0) is 10.9. The van der Waals surface area contributed by atoms with Crippen LogP contribution in [0.1, 0.15) is 32.6 Å². The summed E-state index contributed by atoms with van der Waals surface area (Å²) in [4.78, 5) is 14.5. The number of hydrogen-bond donors (Lipinski definition) is 0. The SMILES string of the molecule is CC1(C(=O)N2CCC[C@@H]2CBr)CCCS1. The first-order chi connectivity index (χ1) is 7.17. The number of likely N-dealkylation sites (tertiary alicyclic amines) is 1. The first kappa shape index (κ1) is 11.8. The van der Waals surface area contributed by atoms with Crippen LogP contribution >= 0.6 is 27.7 Å². The second-order valence-corrected chi connectivity index (χ2v) is 6.88. The molecule has 0 aliphatic carbocycles. The fourth-order valence-electron chi connectivity index (χ4n) is 2.52. The van der Waals surface area contributed by atoms with Gasteiger partial charge in [-0.3, -0.25) is 4.79 Å². The smallest absolute Gasteiger partial charge is 0.238 e. The summed E-state index contributed by atoms with van der Waals surface area (Å²) in [6.07, 6.45) is 4.59. The number of carbonyl (C=O) groups is 1. The summed E-state index contributed by atoms with van der Waals surface area (Å²) < 4.78 is -0.120. The maximum absolute atomic E-state index is 12.4. The minimum atomic E-state index is -0.120. The average molecular weight is 292 g/mol. The molecular formula is C11H18BrNOS. The average Bonchev–Trinajstić information content (AvgIpc) is 2.85. The number of amides is 1. The van der Waals surface area contributed by atoms with E-state index in [1.54, 1.807) is 0 Å². The number of hydrogen-bond acceptors (Lipinski definition) is 2. The van der Waals surface area contributed by atoms with Gasteiger partial charge in [0.2, 0.25) is 5.91 Å². The van der Waals surface area contributed by atoms with Crippen molar-refractivity contribution in [2.24, 2.45) is 0 Å². The van der Waals surface area contributed by atoms with Gasteiger partial charge in [0.1, 0.15) is 0 Å². The summed E-state index contributed by atoms with van der Waals surface area (Å²) in [6, 6.07) is 0.440. The highest BCUT2D eigenvalue weighted by molar-refractivity contribution is 9.09. The Bertz CT molecular complexity index is 253. The standard InChI is InChI=1S/C11H18BrNOS/c1-11(5-3-7-15-11)10(14)13-6-2-4-9(13)8-12/h9H,2-8H2,1H3/t9-,11?/m1/s1. The van der Waals surface area contributed by atoms with E-state index in [4.69, 9.17) is 0 Å². The van der Waals surface area contributed by atoms with E-state index >= 15 is 0 Å². The summed E-state index contributed by atoms with van der Waals surface area (Å²) in [5.74, 6) is 1.53. The second kappa shape index (κ2) is 4.66. The van der Waals surface area contributed by atoms with E-state index in [2.05, 4.69) is 27.8 Å². The lowest BCUT2D eigenvalue weighted by atomic mass is 10.0. The van der Waals surface area contributed by atoms with Crippen LogP contribution in [0.25, 0.3) is 0 Å². The summed E-state index contributed by atoms with van der Waals surface area (Å²) in [5, 5.41) is 0.930. The van der Waals surface area contributed by atoms with E-state index in [-0.39, 0.29) is 4.75 Å². The molecule has 2 nitrogen and oxygen atoms in total.